The fraction of sp³-hybridized carbons (Fsp3) is 0.857. The monoisotopic (exact) mass is 268 g/mol. The zero-order chi connectivity index (χ0) is 14.3. The first-order valence-corrected chi connectivity index (χ1v) is 7.01. The van der Waals surface area contributed by atoms with Gasteiger partial charge in [0.1, 0.15) is 11.4 Å². The van der Waals surface area contributed by atoms with Gasteiger partial charge in [0.05, 0.1) is 6.04 Å². The summed E-state index contributed by atoms with van der Waals surface area (Å²) in [5.41, 5.74) is 5.32. The Balaban J connectivity index is 2.13. The second kappa shape index (κ2) is 4.78. The van der Waals surface area contributed by atoms with E-state index in [1.54, 1.807) is 4.90 Å². The average molecular weight is 268 g/mol. The van der Waals surface area contributed by atoms with E-state index in [0.717, 1.165) is 12.8 Å². The Kier molecular flexibility index (Phi) is 3.60. The molecule has 1 saturated carbocycles. The maximum Gasteiger partial charge on any atom is 0.410 e. The molecule has 5 nitrogen and oxygen atoms in total. The Labute approximate surface area is 114 Å². The molecule has 2 aliphatic rings. The molecule has 1 amide bonds. The third-order valence-electron chi connectivity index (χ3n) is 3.93. The van der Waals surface area contributed by atoms with Crippen molar-refractivity contribution in [3.63, 3.8) is 0 Å². The third-order valence-corrected chi connectivity index (χ3v) is 3.93. The largest absolute Gasteiger partial charge is 0.444 e. The van der Waals surface area contributed by atoms with E-state index in [-0.39, 0.29) is 17.9 Å². The predicted octanol–water partition coefficient (Wildman–Crippen LogP) is 1.84. The summed E-state index contributed by atoms with van der Waals surface area (Å²) in [6.45, 7) is 6.24. The van der Waals surface area contributed by atoms with E-state index in [1.807, 2.05) is 20.8 Å². The SMILES string of the molecule is CC(C)(C)OC(=O)N1CCC[C@]2(N)CC(=O)CC[C@@H]12. The summed E-state index contributed by atoms with van der Waals surface area (Å²) >= 11 is 0. The molecular weight excluding hydrogens is 244 g/mol. The second-order valence-electron chi connectivity index (χ2n) is 6.78. The first-order chi connectivity index (χ1) is 8.71. The van der Waals surface area contributed by atoms with Crippen molar-refractivity contribution in [1.82, 2.24) is 4.90 Å². The number of amides is 1. The van der Waals surface area contributed by atoms with Crippen molar-refractivity contribution in [3.8, 4) is 0 Å². The Morgan fingerprint density at radius 3 is 2.79 bits per heavy atom. The van der Waals surface area contributed by atoms with Gasteiger partial charge in [-0.15, -0.1) is 0 Å². The second-order valence-corrected chi connectivity index (χ2v) is 6.78. The average Bonchev–Trinajstić information content (AvgIpc) is 2.24. The molecular formula is C14H24N2O3. The van der Waals surface area contributed by atoms with Gasteiger partial charge in [0.25, 0.3) is 0 Å². The number of nitrogens with two attached hydrogens (primary N) is 1. The Hall–Kier alpha value is -1.10. The molecule has 0 aromatic heterocycles. The highest BCUT2D eigenvalue weighted by Crippen LogP contribution is 2.36. The number of ketones is 1. The minimum Gasteiger partial charge on any atom is -0.444 e. The van der Waals surface area contributed by atoms with Crippen LogP contribution in [0.4, 0.5) is 4.79 Å². The van der Waals surface area contributed by atoms with Crippen LogP contribution in [0.2, 0.25) is 0 Å². The molecule has 5 heteroatoms. The fourth-order valence-electron chi connectivity index (χ4n) is 3.15. The number of piperidine rings is 1. The molecule has 1 heterocycles. The van der Waals surface area contributed by atoms with Gasteiger partial charge in [0, 0.05) is 24.9 Å². The number of carbonyl (C=O) groups is 2. The van der Waals surface area contributed by atoms with E-state index in [2.05, 4.69) is 0 Å². The number of hydrogen-bond donors (Lipinski definition) is 1. The van der Waals surface area contributed by atoms with E-state index in [4.69, 9.17) is 10.5 Å². The van der Waals surface area contributed by atoms with Crippen molar-refractivity contribution in [3.05, 3.63) is 0 Å². The van der Waals surface area contributed by atoms with Gasteiger partial charge in [0.15, 0.2) is 0 Å². The van der Waals surface area contributed by atoms with Crippen molar-refractivity contribution >= 4 is 11.9 Å². The lowest BCUT2D eigenvalue weighted by molar-refractivity contribution is -0.125. The lowest BCUT2D eigenvalue weighted by atomic mass is 9.72. The first-order valence-electron chi connectivity index (χ1n) is 7.01. The third kappa shape index (κ3) is 3.08. The minimum atomic E-state index is -0.551. The number of fused-ring (bicyclic) bond motifs is 1. The lowest BCUT2D eigenvalue weighted by Gasteiger charge is -2.49. The molecule has 0 radical (unpaired) electrons. The van der Waals surface area contributed by atoms with E-state index in [1.165, 1.54) is 0 Å². The maximum atomic E-state index is 12.3. The highest BCUT2D eigenvalue weighted by atomic mass is 16.6. The molecule has 0 unspecified atom stereocenters. The molecule has 19 heavy (non-hydrogen) atoms. The molecule has 1 aliphatic carbocycles. The van der Waals surface area contributed by atoms with Crippen LogP contribution in [0.25, 0.3) is 0 Å². The zero-order valence-electron chi connectivity index (χ0n) is 12.1. The molecule has 1 saturated heterocycles. The highest BCUT2D eigenvalue weighted by Gasteiger charge is 2.48. The number of Topliss-reactive ketones (excluding diaryl/α,β-unsaturated/α-hetero) is 1. The molecule has 1 aliphatic heterocycles. The number of rotatable bonds is 0. The van der Waals surface area contributed by atoms with E-state index in [9.17, 15) is 9.59 Å². The Morgan fingerprint density at radius 1 is 1.47 bits per heavy atom. The van der Waals surface area contributed by atoms with Crippen molar-refractivity contribution in [2.24, 2.45) is 5.73 Å². The molecule has 0 bridgehead atoms. The zero-order valence-corrected chi connectivity index (χ0v) is 12.1. The van der Waals surface area contributed by atoms with Crippen LogP contribution in [0.1, 0.15) is 52.9 Å². The summed E-state index contributed by atoms with van der Waals surface area (Å²) in [4.78, 5) is 25.6. The van der Waals surface area contributed by atoms with Gasteiger partial charge in [0.2, 0.25) is 0 Å². The van der Waals surface area contributed by atoms with Crippen molar-refractivity contribution in [2.45, 2.75) is 70.1 Å². The Bertz CT molecular complexity index is 389. The standard InChI is InChI=1S/C14H24N2O3/c1-13(2,3)19-12(18)16-8-4-7-14(15)9-10(17)5-6-11(14)16/h11H,4-9,15H2,1-3H3/t11-,14+/m1/s1. The summed E-state index contributed by atoms with van der Waals surface area (Å²) < 4.78 is 5.44. The maximum absolute atomic E-state index is 12.3. The topological polar surface area (TPSA) is 72.6 Å². The summed E-state index contributed by atoms with van der Waals surface area (Å²) in [6.07, 6.45) is 2.90. The molecule has 0 aromatic carbocycles. The minimum absolute atomic E-state index is 0.0613. The van der Waals surface area contributed by atoms with Crippen molar-refractivity contribution in [2.75, 3.05) is 6.54 Å². The predicted molar refractivity (Wildman–Crippen MR) is 71.7 cm³/mol. The van der Waals surface area contributed by atoms with Crippen LogP contribution in [-0.2, 0) is 9.53 Å². The van der Waals surface area contributed by atoms with Crippen LogP contribution >= 0.6 is 0 Å². The van der Waals surface area contributed by atoms with E-state index < -0.39 is 11.1 Å². The van der Waals surface area contributed by atoms with Crippen LogP contribution in [0.5, 0.6) is 0 Å². The van der Waals surface area contributed by atoms with Gasteiger partial charge in [-0.3, -0.25) is 4.79 Å². The lowest BCUT2D eigenvalue weighted by Crippen LogP contribution is -2.66. The smallest absolute Gasteiger partial charge is 0.410 e. The van der Waals surface area contributed by atoms with Gasteiger partial charge >= 0.3 is 6.09 Å². The molecule has 108 valence electrons. The molecule has 2 atom stereocenters. The summed E-state index contributed by atoms with van der Waals surface area (Å²) in [7, 11) is 0. The van der Waals surface area contributed by atoms with Crippen LogP contribution < -0.4 is 5.73 Å². The molecule has 0 spiro atoms. The number of ether oxygens (including phenoxy) is 1. The molecule has 0 aromatic rings. The first kappa shape index (κ1) is 14.3. The number of likely N-dealkylation sites (tertiary alicyclic amines) is 1. The highest BCUT2D eigenvalue weighted by molar-refractivity contribution is 5.81. The van der Waals surface area contributed by atoms with Gasteiger partial charge in [-0.1, -0.05) is 0 Å². The number of hydrogen-bond acceptors (Lipinski definition) is 4. The molecule has 2 rings (SSSR count). The molecule has 2 N–H and O–H groups in total. The summed E-state index contributed by atoms with van der Waals surface area (Å²) in [5, 5.41) is 0. The normalized spacial score (nSPS) is 31.9. The van der Waals surface area contributed by atoms with Crippen molar-refractivity contribution < 1.29 is 14.3 Å². The Morgan fingerprint density at radius 2 is 2.16 bits per heavy atom. The van der Waals surface area contributed by atoms with E-state index in [0.29, 0.717) is 25.8 Å². The number of nitrogens with zero attached hydrogens (tertiary/aromatic N) is 1. The quantitative estimate of drug-likeness (QED) is 0.727. The van der Waals surface area contributed by atoms with Gasteiger partial charge in [-0.25, -0.2) is 4.79 Å². The van der Waals surface area contributed by atoms with Gasteiger partial charge < -0.3 is 15.4 Å². The van der Waals surface area contributed by atoms with Gasteiger partial charge in [-0.2, -0.15) is 0 Å². The van der Waals surface area contributed by atoms with Crippen LogP contribution in [0.3, 0.4) is 0 Å². The van der Waals surface area contributed by atoms with Crippen LogP contribution in [0, 0.1) is 0 Å². The van der Waals surface area contributed by atoms with Crippen LogP contribution in [-0.4, -0.2) is 40.5 Å². The fourth-order valence-corrected chi connectivity index (χ4v) is 3.15. The van der Waals surface area contributed by atoms with E-state index >= 15 is 0 Å². The summed E-state index contributed by atoms with van der Waals surface area (Å²) in [6, 6.07) is -0.0613. The molecule has 2 fully saturated rings. The van der Waals surface area contributed by atoms with Gasteiger partial charge in [-0.05, 0) is 40.0 Å². The number of carbonyl (C=O) groups excluding carboxylic acids is 2. The van der Waals surface area contributed by atoms with Crippen molar-refractivity contribution in [1.29, 1.82) is 0 Å². The van der Waals surface area contributed by atoms with Crippen LogP contribution in [0.15, 0.2) is 0 Å². The summed E-state index contributed by atoms with van der Waals surface area (Å²) in [5.74, 6) is 0.213.